The van der Waals surface area contributed by atoms with Crippen LogP contribution in [0.5, 0.6) is 0 Å². The number of nitrogens with zero attached hydrogens (tertiary/aromatic N) is 1. The molecule has 3 heteroatoms. The van der Waals surface area contributed by atoms with Crippen LogP contribution < -0.4 is 0 Å². The Bertz CT molecular complexity index is 592. The summed E-state index contributed by atoms with van der Waals surface area (Å²) in [6, 6.07) is 16.1. The van der Waals surface area contributed by atoms with Crippen LogP contribution in [-0.4, -0.2) is 24.3 Å². The van der Waals surface area contributed by atoms with Crippen LogP contribution in [0.25, 0.3) is 0 Å². The molecule has 0 heterocycles. The summed E-state index contributed by atoms with van der Waals surface area (Å²) in [6.45, 7) is 3.31. The van der Waals surface area contributed by atoms with Crippen LogP contribution in [0.4, 0.5) is 0 Å². The van der Waals surface area contributed by atoms with Gasteiger partial charge in [0.2, 0.25) is 0 Å². The second kappa shape index (κ2) is 6.99. The number of benzene rings is 2. The van der Waals surface area contributed by atoms with Crippen molar-refractivity contribution >= 4 is 28.4 Å². The predicted molar refractivity (Wildman–Crippen MR) is 91.0 cm³/mol. The van der Waals surface area contributed by atoms with Gasteiger partial charge in [0.1, 0.15) is 0 Å². The van der Waals surface area contributed by atoms with Crippen molar-refractivity contribution in [3.63, 3.8) is 0 Å². The molecular weight excluding hydrogens is 361 g/mol. The maximum atomic E-state index is 12.2. The number of ketones is 1. The van der Waals surface area contributed by atoms with Crippen molar-refractivity contribution in [3.05, 3.63) is 68.8 Å². The highest BCUT2D eigenvalue weighted by Crippen LogP contribution is 2.10. The molecule has 2 aromatic rings. The molecule has 0 spiro atoms. The molecule has 2 nitrogen and oxygen atoms in total. The number of rotatable bonds is 5. The maximum absolute atomic E-state index is 12.2. The Hall–Kier alpha value is -1.20. The van der Waals surface area contributed by atoms with Gasteiger partial charge in [0.05, 0.1) is 6.54 Å². The highest BCUT2D eigenvalue weighted by molar-refractivity contribution is 14.1. The summed E-state index contributed by atoms with van der Waals surface area (Å²) in [6.07, 6.45) is 0. The fraction of sp³-hybridized carbons (Fsp3) is 0.235. The summed E-state index contributed by atoms with van der Waals surface area (Å²) in [5.74, 6) is 0.163. The molecule has 0 radical (unpaired) electrons. The van der Waals surface area contributed by atoms with E-state index in [0.717, 1.165) is 15.7 Å². The van der Waals surface area contributed by atoms with Gasteiger partial charge in [-0.3, -0.25) is 9.69 Å². The van der Waals surface area contributed by atoms with Gasteiger partial charge in [0.25, 0.3) is 0 Å². The number of aryl methyl sites for hydroxylation is 1. The maximum Gasteiger partial charge on any atom is 0.176 e. The van der Waals surface area contributed by atoms with Crippen LogP contribution in [0, 0.1) is 10.5 Å². The number of Topliss-reactive ketones (excluding diaryl/α,β-unsaturated/α-hetero) is 1. The van der Waals surface area contributed by atoms with E-state index < -0.39 is 0 Å². The number of carbonyl (C=O) groups is 1. The van der Waals surface area contributed by atoms with Gasteiger partial charge in [0, 0.05) is 15.7 Å². The molecule has 0 N–H and O–H groups in total. The van der Waals surface area contributed by atoms with E-state index in [-0.39, 0.29) is 5.78 Å². The van der Waals surface area contributed by atoms with Crippen molar-refractivity contribution in [1.29, 1.82) is 0 Å². The van der Waals surface area contributed by atoms with Crippen molar-refractivity contribution in [2.75, 3.05) is 13.6 Å². The Morgan fingerprint density at radius 1 is 1.15 bits per heavy atom. The summed E-state index contributed by atoms with van der Waals surface area (Å²) >= 11 is 2.24. The lowest BCUT2D eigenvalue weighted by molar-refractivity contribution is 0.0943. The monoisotopic (exact) mass is 379 g/mol. The Balaban J connectivity index is 1.95. The molecule has 2 rings (SSSR count). The van der Waals surface area contributed by atoms with Crippen LogP contribution in [0.1, 0.15) is 21.5 Å². The lowest BCUT2D eigenvalue weighted by Crippen LogP contribution is -2.25. The Kier molecular flexibility index (Phi) is 5.31. The Labute approximate surface area is 133 Å². The number of halogens is 1. The van der Waals surface area contributed by atoms with E-state index in [2.05, 4.69) is 58.7 Å². The summed E-state index contributed by atoms with van der Waals surface area (Å²) < 4.78 is 1.15. The SMILES string of the molecule is Cc1cccc(CN(C)CC(=O)c2ccc(I)cc2)c1. The molecule has 0 amide bonds. The van der Waals surface area contributed by atoms with Crippen molar-refractivity contribution < 1.29 is 4.79 Å². The van der Waals surface area contributed by atoms with Gasteiger partial charge >= 0.3 is 0 Å². The zero-order valence-electron chi connectivity index (χ0n) is 11.8. The second-order valence-electron chi connectivity index (χ2n) is 5.09. The fourth-order valence-corrected chi connectivity index (χ4v) is 2.51. The molecule has 0 aliphatic rings. The molecule has 2 aromatic carbocycles. The minimum atomic E-state index is 0.163. The first kappa shape index (κ1) is 15.2. The number of likely N-dealkylation sites (N-methyl/N-ethyl adjacent to an activating group) is 1. The van der Waals surface area contributed by atoms with Gasteiger partial charge < -0.3 is 0 Å². The molecule has 0 fully saturated rings. The van der Waals surface area contributed by atoms with Crippen molar-refractivity contribution in [2.45, 2.75) is 13.5 Å². The quantitative estimate of drug-likeness (QED) is 0.580. The first-order valence-corrected chi connectivity index (χ1v) is 7.65. The first-order valence-electron chi connectivity index (χ1n) is 6.57. The van der Waals surface area contributed by atoms with Crippen LogP contribution in [0.15, 0.2) is 48.5 Å². The molecule has 0 aromatic heterocycles. The Morgan fingerprint density at radius 3 is 2.50 bits per heavy atom. The molecule has 104 valence electrons. The average Bonchev–Trinajstić information content (AvgIpc) is 2.39. The van der Waals surface area contributed by atoms with Crippen molar-refractivity contribution in [3.8, 4) is 0 Å². The van der Waals surface area contributed by atoms with Crippen LogP contribution in [0.3, 0.4) is 0 Å². The van der Waals surface area contributed by atoms with Gasteiger partial charge in [-0.2, -0.15) is 0 Å². The number of hydrogen-bond acceptors (Lipinski definition) is 2. The van der Waals surface area contributed by atoms with E-state index in [0.29, 0.717) is 6.54 Å². The molecule has 0 bridgehead atoms. The van der Waals surface area contributed by atoms with Gasteiger partial charge in [0.15, 0.2) is 5.78 Å². The molecule has 0 saturated carbocycles. The highest BCUT2D eigenvalue weighted by Gasteiger charge is 2.09. The van der Waals surface area contributed by atoms with Crippen LogP contribution >= 0.6 is 22.6 Å². The van der Waals surface area contributed by atoms with Gasteiger partial charge in [-0.25, -0.2) is 0 Å². The summed E-state index contributed by atoms with van der Waals surface area (Å²) in [4.78, 5) is 14.2. The minimum Gasteiger partial charge on any atom is -0.295 e. The molecule has 0 unspecified atom stereocenters. The van der Waals surface area contributed by atoms with Gasteiger partial charge in [-0.15, -0.1) is 0 Å². The largest absolute Gasteiger partial charge is 0.295 e. The van der Waals surface area contributed by atoms with Gasteiger partial charge in [-0.05, 0) is 54.3 Å². The van der Waals surface area contributed by atoms with Crippen molar-refractivity contribution in [1.82, 2.24) is 4.90 Å². The lowest BCUT2D eigenvalue weighted by Gasteiger charge is -2.16. The number of hydrogen-bond donors (Lipinski definition) is 0. The Morgan fingerprint density at radius 2 is 1.85 bits per heavy atom. The summed E-state index contributed by atoms with van der Waals surface area (Å²) in [7, 11) is 1.98. The smallest absolute Gasteiger partial charge is 0.176 e. The van der Waals surface area contributed by atoms with E-state index in [1.54, 1.807) is 0 Å². The zero-order chi connectivity index (χ0) is 14.5. The average molecular weight is 379 g/mol. The van der Waals surface area contributed by atoms with Crippen molar-refractivity contribution in [2.24, 2.45) is 0 Å². The molecule has 0 atom stereocenters. The standard InChI is InChI=1S/C17H18INO/c1-13-4-3-5-14(10-13)11-19(2)12-17(20)15-6-8-16(18)9-7-15/h3-10H,11-12H2,1-2H3. The predicted octanol–water partition coefficient (Wildman–Crippen LogP) is 3.91. The molecule has 0 aliphatic heterocycles. The van der Waals surface area contributed by atoms with Gasteiger partial charge in [-0.1, -0.05) is 42.0 Å². The third-order valence-corrected chi connectivity index (χ3v) is 3.83. The van der Waals surface area contributed by atoms with E-state index in [4.69, 9.17) is 0 Å². The van der Waals surface area contributed by atoms with E-state index in [1.807, 2.05) is 31.3 Å². The van der Waals surface area contributed by atoms with E-state index in [1.165, 1.54) is 11.1 Å². The van der Waals surface area contributed by atoms with Crippen LogP contribution in [-0.2, 0) is 6.54 Å². The number of carbonyl (C=O) groups excluding carboxylic acids is 1. The summed E-state index contributed by atoms with van der Waals surface area (Å²) in [5.41, 5.74) is 3.27. The highest BCUT2D eigenvalue weighted by atomic mass is 127. The molecule has 0 saturated heterocycles. The van der Waals surface area contributed by atoms with Crippen LogP contribution in [0.2, 0.25) is 0 Å². The minimum absolute atomic E-state index is 0.163. The molecule has 0 aliphatic carbocycles. The second-order valence-corrected chi connectivity index (χ2v) is 6.34. The zero-order valence-corrected chi connectivity index (χ0v) is 13.9. The lowest BCUT2D eigenvalue weighted by atomic mass is 10.1. The van der Waals surface area contributed by atoms with E-state index in [9.17, 15) is 4.79 Å². The third kappa shape index (κ3) is 4.42. The third-order valence-electron chi connectivity index (χ3n) is 3.11. The fourth-order valence-electron chi connectivity index (χ4n) is 2.15. The normalized spacial score (nSPS) is 10.8. The van der Waals surface area contributed by atoms with E-state index >= 15 is 0 Å². The summed E-state index contributed by atoms with van der Waals surface area (Å²) in [5, 5.41) is 0. The topological polar surface area (TPSA) is 20.3 Å². The first-order chi connectivity index (χ1) is 9.54. The molecular formula is C17H18INO. The molecule has 20 heavy (non-hydrogen) atoms.